The zero-order valence-electron chi connectivity index (χ0n) is 20.0. The van der Waals surface area contributed by atoms with Gasteiger partial charge in [0.05, 0.1) is 12.5 Å². The third-order valence-corrected chi connectivity index (χ3v) is 10.8. The van der Waals surface area contributed by atoms with E-state index in [9.17, 15) is 18.0 Å². The molecular formula is C28H38F3NO. The van der Waals surface area contributed by atoms with Crippen LogP contribution < -0.4 is 5.32 Å². The molecule has 0 aromatic heterocycles. The van der Waals surface area contributed by atoms with Crippen molar-refractivity contribution in [2.24, 2.45) is 46.3 Å². The number of nitrogens with one attached hydrogen (secondary N) is 1. The third kappa shape index (κ3) is 3.91. The fourth-order valence-electron chi connectivity index (χ4n) is 8.95. The molecule has 182 valence electrons. The van der Waals surface area contributed by atoms with E-state index in [1.54, 1.807) is 0 Å². The minimum atomic E-state index is -4.05. The maximum atomic E-state index is 13.4. The molecule has 0 saturated heterocycles. The molecule has 33 heavy (non-hydrogen) atoms. The van der Waals surface area contributed by atoms with Crippen LogP contribution >= 0.6 is 0 Å². The second-order valence-corrected chi connectivity index (χ2v) is 12.0. The van der Waals surface area contributed by atoms with Gasteiger partial charge in [0, 0.05) is 11.6 Å². The van der Waals surface area contributed by atoms with E-state index in [4.69, 9.17) is 0 Å². The van der Waals surface area contributed by atoms with Crippen LogP contribution in [0.15, 0.2) is 30.3 Å². The predicted molar refractivity (Wildman–Crippen MR) is 125 cm³/mol. The van der Waals surface area contributed by atoms with Crippen molar-refractivity contribution in [1.82, 2.24) is 0 Å². The summed E-state index contributed by atoms with van der Waals surface area (Å²) in [6, 6.07) is 9.90. The van der Waals surface area contributed by atoms with Crippen LogP contribution in [0.1, 0.15) is 71.6 Å². The summed E-state index contributed by atoms with van der Waals surface area (Å²) in [5.41, 5.74) is 1.07. The van der Waals surface area contributed by atoms with E-state index in [0.717, 1.165) is 50.6 Å². The Morgan fingerprint density at radius 1 is 0.939 bits per heavy atom. The van der Waals surface area contributed by atoms with Gasteiger partial charge in [0.15, 0.2) is 5.78 Å². The van der Waals surface area contributed by atoms with Crippen molar-refractivity contribution < 1.29 is 18.0 Å². The smallest absolute Gasteiger partial charge is 0.378 e. The summed E-state index contributed by atoms with van der Waals surface area (Å²) in [7, 11) is 0. The zero-order chi connectivity index (χ0) is 23.4. The fraction of sp³-hybridized carbons (Fsp3) is 0.750. The van der Waals surface area contributed by atoms with Crippen LogP contribution in [-0.4, -0.2) is 18.5 Å². The van der Waals surface area contributed by atoms with Crippen LogP contribution in [-0.2, 0) is 4.79 Å². The number of hydrogen-bond donors (Lipinski definition) is 1. The quantitative estimate of drug-likeness (QED) is 0.503. The van der Waals surface area contributed by atoms with E-state index >= 15 is 0 Å². The summed E-state index contributed by atoms with van der Waals surface area (Å²) in [6.45, 7) is 5.04. The highest BCUT2D eigenvalue weighted by Crippen LogP contribution is 2.68. The number of halogens is 3. The van der Waals surface area contributed by atoms with Gasteiger partial charge in [-0.3, -0.25) is 4.79 Å². The van der Waals surface area contributed by atoms with Crippen LogP contribution in [0.2, 0.25) is 0 Å². The molecule has 2 nitrogen and oxygen atoms in total. The minimum absolute atomic E-state index is 0.0446. The van der Waals surface area contributed by atoms with Crippen molar-refractivity contribution in [2.45, 2.75) is 77.8 Å². The van der Waals surface area contributed by atoms with Gasteiger partial charge in [-0.2, -0.15) is 13.2 Å². The number of carbonyl (C=O) groups is 1. The van der Waals surface area contributed by atoms with E-state index in [2.05, 4.69) is 19.2 Å². The van der Waals surface area contributed by atoms with E-state index in [0.29, 0.717) is 42.9 Å². The Morgan fingerprint density at radius 3 is 2.36 bits per heavy atom. The molecule has 1 aromatic carbocycles. The minimum Gasteiger partial charge on any atom is -0.378 e. The number of carbonyl (C=O) groups excluding carboxylic acids is 1. The number of Topliss-reactive ketones (excluding diaryl/α,β-unsaturated/α-hetero) is 1. The number of anilines is 1. The van der Waals surface area contributed by atoms with Crippen molar-refractivity contribution in [3.8, 4) is 0 Å². The van der Waals surface area contributed by atoms with E-state index in [1.807, 2.05) is 30.3 Å². The van der Waals surface area contributed by atoms with Gasteiger partial charge in [-0.05, 0) is 104 Å². The lowest BCUT2D eigenvalue weighted by atomic mass is 9.44. The lowest BCUT2D eigenvalue weighted by Crippen LogP contribution is -2.54. The first-order valence-electron chi connectivity index (χ1n) is 13.0. The number of benzene rings is 1. The highest BCUT2D eigenvalue weighted by Gasteiger charge is 2.62. The third-order valence-electron chi connectivity index (χ3n) is 10.8. The van der Waals surface area contributed by atoms with Gasteiger partial charge in [-0.25, -0.2) is 0 Å². The molecule has 4 aliphatic rings. The summed E-state index contributed by atoms with van der Waals surface area (Å²) in [4.78, 5) is 13.3. The van der Waals surface area contributed by atoms with Gasteiger partial charge in [0.1, 0.15) is 0 Å². The fourth-order valence-corrected chi connectivity index (χ4v) is 8.95. The van der Waals surface area contributed by atoms with Crippen molar-refractivity contribution in [3.63, 3.8) is 0 Å². The Hall–Kier alpha value is -1.52. The van der Waals surface area contributed by atoms with Crippen LogP contribution in [0.3, 0.4) is 0 Å². The number of rotatable bonds is 4. The van der Waals surface area contributed by atoms with Crippen molar-refractivity contribution in [1.29, 1.82) is 0 Å². The Bertz CT molecular complexity index is 870. The molecule has 0 amide bonds. The van der Waals surface area contributed by atoms with E-state index in [1.165, 1.54) is 0 Å². The first kappa shape index (κ1) is 23.2. The molecule has 1 aromatic rings. The van der Waals surface area contributed by atoms with Gasteiger partial charge in [0.25, 0.3) is 0 Å². The molecular weight excluding hydrogens is 423 g/mol. The van der Waals surface area contributed by atoms with Crippen LogP contribution in [0, 0.1) is 46.3 Å². The van der Waals surface area contributed by atoms with Gasteiger partial charge in [-0.1, -0.05) is 32.0 Å². The number of alkyl halides is 3. The molecule has 0 heterocycles. The normalized spacial score (nSPS) is 42.7. The Morgan fingerprint density at radius 2 is 1.64 bits per heavy atom. The molecule has 4 saturated carbocycles. The Labute approximate surface area is 196 Å². The first-order chi connectivity index (χ1) is 15.6. The summed E-state index contributed by atoms with van der Waals surface area (Å²) in [5, 5.41) is 3.31. The molecule has 4 aliphatic carbocycles. The summed E-state index contributed by atoms with van der Waals surface area (Å²) >= 11 is 0. The second kappa shape index (κ2) is 8.30. The van der Waals surface area contributed by atoms with Gasteiger partial charge >= 0.3 is 6.18 Å². The molecule has 7 unspecified atom stereocenters. The average Bonchev–Trinajstić information content (AvgIpc) is 3.14. The largest absolute Gasteiger partial charge is 0.391 e. The standard InChI is InChI=1S/C28H38F3NO/c1-26-14-12-19(28(29,30)31)16-18(26)8-9-21-22-10-11-24(27(22,2)15-13-23(21)26)25(33)17-32-20-6-4-3-5-7-20/h3-7,18-19,21-24,32H,8-17H2,1-2H3/t18?,19?,21?,22?,23?,24-,26?,27?/m1/s1. The Balaban J connectivity index is 1.28. The van der Waals surface area contributed by atoms with Crippen molar-refractivity contribution in [2.75, 3.05) is 11.9 Å². The molecule has 5 heteroatoms. The molecule has 8 atom stereocenters. The first-order valence-corrected chi connectivity index (χ1v) is 13.0. The van der Waals surface area contributed by atoms with Crippen LogP contribution in [0.5, 0.6) is 0 Å². The average molecular weight is 462 g/mol. The van der Waals surface area contributed by atoms with E-state index in [-0.39, 0.29) is 22.7 Å². The van der Waals surface area contributed by atoms with Crippen LogP contribution in [0.4, 0.5) is 18.9 Å². The molecule has 0 bridgehead atoms. The SMILES string of the molecule is CC12CCC(C(F)(F)F)CC1CCC1C2CCC2(C)C1CC[C@@H]2C(=O)CNc1ccccc1. The molecule has 5 rings (SSSR count). The lowest BCUT2D eigenvalue weighted by Gasteiger charge is -2.61. The zero-order valence-corrected chi connectivity index (χ0v) is 20.0. The maximum absolute atomic E-state index is 13.4. The second-order valence-electron chi connectivity index (χ2n) is 12.0. The van der Waals surface area contributed by atoms with Crippen LogP contribution in [0.25, 0.3) is 0 Å². The molecule has 0 spiro atoms. The van der Waals surface area contributed by atoms with E-state index < -0.39 is 12.1 Å². The number of ketones is 1. The molecule has 0 aliphatic heterocycles. The number of hydrogen-bond acceptors (Lipinski definition) is 2. The molecule has 0 radical (unpaired) electrons. The van der Waals surface area contributed by atoms with Crippen molar-refractivity contribution >= 4 is 11.5 Å². The summed E-state index contributed by atoms with van der Waals surface area (Å²) in [5.74, 6) is 1.18. The number of fused-ring (bicyclic) bond motifs is 5. The highest BCUT2D eigenvalue weighted by molar-refractivity contribution is 5.86. The topological polar surface area (TPSA) is 29.1 Å². The summed E-state index contributed by atoms with van der Waals surface area (Å²) in [6.07, 6.45) is 3.49. The highest BCUT2D eigenvalue weighted by atomic mass is 19.4. The van der Waals surface area contributed by atoms with Gasteiger partial charge in [0.2, 0.25) is 0 Å². The van der Waals surface area contributed by atoms with Crippen molar-refractivity contribution in [3.05, 3.63) is 30.3 Å². The van der Waals surface area contributed by atoms with Gasteiger partial charge < -0.3 is 5.32 Å². The summed E-state index contributed by atoms with van der Waals surface area (Å²) < 4.78 is 40.3. The lowest BCUT2D eigenvalue weighted by molar-refractivity contribution is -0.207. The molecule has 4 fully saturated rings. The van der Waals surface area contributed by atoms with Gasteiger partial charge in [-0.15, -0.1) is 0 Å². The Kier molecular flexibility index (Phi) is 5.85. The number of para-hydroxylation sites is 1. The maximum Gasteiger partial charge on any atom is 0.391 e. The predicted octanol–water partition coefficient (Wildman–Crippen LogP) is 7.51. The monoisotopic (exact) mass is 461 g/mol. The molecule has 1 N–H and O–H groups in total.